The van der Waals surface area contributed by atoms with Gasteiger partial charge in [0, 0.05) is 51.2 Å². The average Bonchev–Trinajstić information content (AvgIpc) is 2.67. The Labute approximate surface area is 139 Å². The number of anilines is 1. The first-order chi connectivity index (χ1) is 11.8. The van der Waals surface area contributed by atoms with Gasteiger partial charge in [-0.3, -0.25) is 14.6 Å². The second-order valence-electron chi connectivity index (χ2n) is 5.43. The van der Waals surface area contributed by atoms with Gasteiger partial charge in [0.05, 0.1) is 0 Å². The van der Waals surface area contributed by atoms with Crippen molar-refractivity contribution in [1.29, 1.82) is 0 Å². The highest BCUT2D eigenvalue weighted by molar-refractivity contribution is 5.92. The molecule has 0 aromatic carbocycles. The van der Waals surface area contributed by atoms with Crippen LogP contribution in [0.5, 0.6) is 0 Å². The zero-order chi connectivity index (χ0) is 16.8. The molecule has 0 spiro atoms. The van der Waals surface area contributed by atoms with Gasteiger partial charge in [0.15, 0.2) is 0 Å². The van der Waals surface area contributed by atoms with Gasteiger partial charge in [-0.2, -0.15) is 0 Å². The van der Waals surface area contributed by atoms with Crippen LogP contribution < -0.4 is 10.2 Å². The first-order valence-electron chi connectivity index (χ1n) is 7.70. The second kappa shape index (κ2) is 7.49. The minimum absolute atomic E-state index is 0.256. The number of aromatic nitrogens is 3. The number of hydrogen-bond acceptors (Lipinski definition) is 6. The Hall–Kier alpha value is -3.03. The highest BCUT2D eigenvalue weighted by Crippen LogP contribution is 2.13. The first-order valence-corrected chi connectivity index (χ1v) is 7.70. The lowest BCUT2D eigenvalue weighted by Gasteiger charge is -2.33. The summed E-state index contributed by atoms with van der Waals surface area (Å²) in [6.07, 6.45) is 5.64. The Kier molecular flexibility index (Phi) is 4.95. The van der Waals surface area contributed by atoms with Gasteiger partial charge < -0.3 is 15.1 Å². The second-order valence-corrected chi connectivity index (χ2v) is 5.43. The van der Waals surface area contributed by atoms with Crippen molar-refractivity contribution in [3.05, 3.63) is 48.2 Å². The standard InChI is InChI=1S/C16H18N6O2/c23-12-21-4-6-22(7-5-21)15-8-14(19-11-20-15)16(24)18-10-13-2-1-3-17-9-13/h1-3,8-9,11-12H,4-7,10H2,(H,18,24). The van der Waals surface area contributed by atoms with E-state index in [1.807, 2.05) is 17.0 Å². The number of hydrogen-bond donors (Lipinski definition) is 1. The van der Waals surface area contributed by atoms with Crippen molar-refractivity contribution in [2.45, 2.75) is 6.54 Å². The van der Waals surface area contributed by atoms with Crippen LogP contribution in [0.3, 0.4) is 0 Å². The molecule has 1 fully saturated rings. The van der Waals surface area contributed by atoms with E-state index in [-0.39, 0.29) is 5.91 Å². The summed E-state index contributed by atoms with van der Waals surface area (Å²) >= 11 is 0. The van der Waals surface area contributed by atoms with Gasteiger partial charge in [0.2, 0.25) is 6.41 Å². The van der Waals surface area contributed by atoms with Gasteiger partial charge in [0.1, 0.15) is 17.8 Å². The van der Waals surface area contributed by atoms with Crippen LogP contribution in [0.25, 0.3) is 0 Å². The number of nitrogens with one attached hydrogen (secondary N) is 1. The summed E-state index contributed by atoms with van der Waals surface area (Å²) in [7, 11) is 0. The first kappa shape index (κ1) is 15.9. The van der Waals surface area contributed by atoms with Crippen LogP contribution in [-0.2, 0) is 11.3 Å². The summed E-state index contributed by atoms with van der Waals surface area (Å²) in [6, 6.07) is 5.39. The van der Waals surface area contributed by atoms with Crippen molar-refractivity contribution in [2.24, 2.45) is 0 Å². The topological polar surface area (TPSA) is 91.3 Å². The normalized spacial score (nSPS) is 14.3. The number of rotatable bonds is 5. The molecule has 0 unspecified atom stereocenters. The highest BCUT2D eigenvalue weighted by atomic mass is 16.2. The van der Waals surface area contributed by atoms with E-state index in [4.69, 9.17) is 0 Å². The fourth-order valence-electron chi connectivity index (χ4n) is 2.48. The van der Waals surface area contributed by atoms with Gasteiger partial charge in [-0.1, -0.05) is 6.07 Å². The molecule has 0 radical (unpaired) electrons. The quantitative estimate of drug-likeness (QED) is 0.783. The molecule has 3 heterocycles. The minimum atomic E-state index is -0.256. The fourth-order valence-corrected chi connectivity index (χ4v) is 2.48. The maximum Gasteiger partial charge on any atom is 0.270 e. The van der Waals surface area contributed by atoms with E-state index in [1.54, 1.807) is 23.4 Å². The fraction of sp³-hybridized carbons (Fsp3) is 0.312. The van der Waals surface area contributed by atoms with Crippen LogP contribution >= 0.6 is 0 Å². The van der Waals surface area contributed by atoms with E-state index in [1.165, 1.54) is 6.33 Å². The summed E-state index contributed by atoms with van der Waals surface area (Å²) < 4.78 is 0. The Morgan fingerprint density at radius 2 is 2.08 bits per heavy atom. The smallest absolute Gasteiger partial charge is 0.270 e. The van der Waals surface area contributed by atoms with Crippen LogP contribution in [0, 0.1) is 0 Å². The van der Waals surface area contributed by atoms with E-state index in [0.29, 0.717) is 44.2 Å². The molecule has 2 aromatic rings. The van der Waals surface area contributed by atoms with Crippen LogP contribution in [0.2, 0.25) is 0 Å². The molecular weight excluding hydrogens is 308 g/mol. The summed E-state index contributed by atoms with van der Waals surface area (Å²) in [5.41, 5.74) is 1.24. The van der Waals surface area contributed by atoms with Gasteiger partial charge in [-0.05, 0) is 11.6 Å². The molecule has 2 aromatic heterocycles. The maximum atomic E-state index is 12.3. The molecular formula is C16H18N6O2. The molecule has 3 rings (SSSR count). The summed E-state index contributed by atoms with van der Waals surface area (Å²) in [6.45, 7) is 3.06. The van der Waals surface area contributed by atoms with Crippen LogP contribution in [0.4, 0.5) is 5.82 Å². The van der Waals surface area contributed by atoms with Crippen LogP contribution in [0.15, 0.2) is 36.9 Å². The van der Waals surface area contributed by atoms with E-state index < -0.39 is 0 Å². The molecule has 0 aliphatic carbocycles. The summed E-state index contributed by atoms with van der Waals surface area (Å²) in [5, 5.41) is 2.82. The monoisotopic (exact) mass is 326 g/mol. The maximum absolute atomic E-state index is 12.3. The van der Waals surface area contributed by atoms with Crippen molar-refractivity contribution < 1.29 is 9.59 Å². The van der Waals surface area contributed by atoms with E-state index in [2.05, 4.69) is 20.3 Å². The zero-order valence-corrected chi connectivity index (χ0v) is 13.1. The Balaban J connectivity index is 1.62. The zero-order valence-electron chi connectivity index (χ0n) is 13.1. The Morgan fingerprint density at radius 3 is 2.79 bits per heavy atom. The molecule has 124 valence electrons. The molecule has 8 nitrogen and oxygen atoms in total. The number of amides is 2. The SMILES string of the molecule is O=CN1CCN(c2cc(C(=O)NCc3cccnc3)ncn2)CC1. The van der Waals surface area contributed by atoms with Gasteiger partial charge >= 0.3 is 0 Å². The number of piperazine rings is 1. The predicted octanol–water partition coefficient (Wildman–Crippen LogP) is 0.0800. The molecule has 8 heteroatoms. The van der Waals surface area contributed by atoms with E-state index >= 15 is 0 Å². The summed E-state index contributed by atoms with van der Waals surface area (Å²) in [4.78, 5) is 39.1. The molecule has 0 saturated carbocycles. The molecule has 24 heavy (non-hydrogen) atoms. The lowest BCUT2D eigenvalue weighted by Crippen LogP contribution is -2.46. The molecule has 0 atom stereocenters. The molecule has 2 amide bonds. The third-order valence-corrected chi connectivity index (χ3v) is 3.85. The van der Waals surface area contributed by atoms with E-state index in [0.717, 1.165) is 12.0 Å². The Bertz CT molecular complexity index is 701. The molecule has 1 aliphatic heterocycles. The van der Waals surface area contributed by atoms with E-state index in [9.17, 15) is 9.59 Å². The number of nitrogens with zero attached hydrogens (tertiary/aromatic N) is 5. The third-order valence-electron chi connectivity index (χ3n) is 3.85. The van der Waals surface area contributed by atoms with Crippen molar-refractivity contribution in [3.63, 3.8) is 0 Å². The summed E-state index contributed by atoms with van der Waals surface area (Å²) in [5.74, 6) is 0.441. The Morgan fingerprint density at radius 1 is 1.25 bits per heavy atom. The molecule has 1 saturated heterocycles. The minimum Gasteiger partial charge on any atom is -0.353 e. The van der Waals surface area contributed by atoms with Crippen molar-refractivity contribution in [3.8, 4) is 0 Å². The third kappa shape index (κ3) is 3.83. The van der Waals surface area contributed by atoms with Crippen molar-refractivity contribution in [1.82, 2.24) is 25.2 Å². The molecule has 0 bridgehead atoms. The largest absolute Gasteiger partial charge is 0.353 e. The van der Waals surface area contributed by atoms with Crippen molar-refractivity contribution in [2.75, 3.05) is 31.1 Å². The van der Waals surface area contributed by atoms with Crippen LogP contribution in [-0.4, -0.2) is 58.3 Å². The number of pyridine rings is 1. The van der Waals surface area contributed by atoms with Gasteiger partial charge in [-0.25, -0.2) is 9.97 Å². The van der Waals surface area contributed by atoms with Gasteiger partial charge in [-0.15, -0.1) is 0 Å². The lowest BCUT2D eigenvalue weighted by molar-refractivity contribution is -0.118. The lowest BCUT2D eigenvalue weighted by atomic mass is 10.2. The average molecular weight is 326 g/mol. The van der Waals surface area contributed by atoms with Crippen molar-refractivity contribution >= 4 is 18.1 Å². The molecule has 1 N–H and O–H groups in total. The molecule has 1 aliphatic rings. The predicted molar refractivity (Wildman–Crippen MR) is 87.3 cm³/mol. The van der Waals surface area contributed by atoms with Crippen LogP contribution in [0.1, 0.15) is 16.1 Å². The number of carbonyl (C=O) groups excluding carboxylic acids is 2. The highest BCUT2D eigenvalue weighted by Gasteiger charge is 2.18. The number of carbonyl (C=O) groups is 2. The van der Waals surface area contributed by atoms with Gasteiger partial charge in [0.25, 0.3) is 5.91 Å².